The highest BCUT2D eigenvalue weighted by atomic mass is 16.6. The third kappa shape index (κ3) is 4.10. The van der Waals surface area contributed by atoms with Crippen molar-refractivity contribution < 1.29 is 14.3 Å². The fourth-order valence-electron chi connectivity index (χ4n) is 1.73. The van der Waals surface area contributed by atoms with Crippen molar-refractivity contribution in [2.24, 2.45) is 0 Å². The molecule has 4 heteroatoms. The monoisotopic (exact) mass is 229 g/mol. The van der Waals surface area contributed by atoms with Crippen molar-refractivity contribution in [2.75, 3.05) is 6.61 Å². The molecule has 0 aromatic carbocycles. The Morgan fingerprint density at radius 1 is 1.50 bits per heavy atom. The lowest BCUT2D eigenvalue weighted by Crippen LogP contribution is -2.46. The van der Waals surface area contributed by atoms with E-state index in [9.17, 15) is 4.79 Å². The number of nitrogens with one attached hydrogen (secondary N) is 1. The van der Waals surface area contributed by atoms with E-state index in [4.69, 9.17) is 9.47 Å². The average molecular weight is 229 g/mol. The minimum atomic E-state index is -0.426. The molecule has 4 nitrogen and oxygen atoms in total. The van der Waals surface area contributed by atoms with Gasteiger partial charge in [-0.1, -0.05) is 0 Å². The Morgan fingerprint density at radius 3 is 2.56 bits per heavy atom. The fourth-order valence-corrected chi connectivity index (χ4v) is 1.73. The second-order valence-electron chi connectivity index (χ2n) is 5.39. The smallest absolute Gasteiger partial charge is 0.323 e. The van der Waals surface area contributed by atoms with E-state index in [0.29, 0.717) is 0 Å². The van der Waals surface area contributed by atoms with Crippen molar-refractivity contribution in [1.29, 1.82) is 0 Å². The van der Waals surface area contributed by atoms with Gasteiger partial charge in [0.2, 0.25) is 0 Å². The molecule has 1 aliphatic heterocycles. The van der Waals surface area contributed by atoms with Crippen LogP contribution in [-0.4, -0.2) is 36.4 Å². The molecule has 3 unspecified atom stereocenters. The lowest BCUT2D eigenvalue weighted by molar-refractivity contribution is -0.157. The van der Waals surface area contributed by atoms with Crippen molar-refractivity contribution in [2.45, 2.75) is 64.8 Å². The summed E-state index contributed by atoms with van der Waals surface area (Å²) < 4.78 is 10.7. The van der Waals surface area contributed by atoms with Gasteiger partial charge in [0.25, 0.3) is 0 Å². The Morgan fingerprint density at radius 2 is 2.12 bits per heavy atom. The molecule has 1 fully saturated rings. The molecule has 1 aliphatic rings. The lowest BCUT2D eigenvalue weighted by Gasteiger charge is -2.25. The maximum absolute atomic E-state index is 11.7. The van der Waals surface area contributed by atoms with Crippen LogP contribution in [0.3, 0.4) is 0 Å². The van der Waals surface area contributed by atoms with E-state index in [0.717, 1.165) is 13.0 Å². The number of ether oxygens (including phenoxy) is 2. The van der Waals surface area contributed by atoms with Crippen LogP contribution in [0.5, 0.6) is 0 Å². The SMILES string of the molecule is CC(NC1CCOC1C)C(=O)OC(C)(C)C. The molecular weight excluding hydrogens is 206 g/mol. The van der Waals surface area contributed by atoms with Gasteiger partial charge in [0, 0.05) is 12.6 Å². The van der Waals surface area contributed by atoms with Crippen molar-refractivity contribution in [1.82, 2.24) is 5.32 Å². The van der Waals surface area contributed by atoms with Gasteiger partial charge in [-0.25, -0.2) is 0 Å². The number of carbonyl (C=O) groups is 1. The number of esters is 1. The normalized spacial score (nSPS) is 27.8. The lowest BCUT2D eigenvalue weighted by atomic mass is 10.1. The molecule has 1 N–H and O–H groups in total. The van der Waals surface area contributed by atoms with Crippen LogP contribution in [0, 0.1) is 0 Å². The fraction of sp³-hybridized carbons (Fsp3) is 0.917. The number of carbonyl (C=O) groups excluding carboxylic acids is 1. The van der Waals surface area contributed by atoms with E-state index in [2.05, 4.69) is 5.32 Å². The first-order valence-electron chi connectivity index (χ1n) is 5.90. The predicted octanol–water partition coefficient (Wildman–Crippen LogP) is 1.48. The molecular formula is C12H23NO3. The zero-order chi connectivity index (χ0) is 12.3. The van der Waals surface area contributed by atoms with Crippen LogP contribution in [0.15, 0.2) is 0 Å². The minimum Gasteiger partial charge on any atom is -0.459 e. The van der Waals surface area contributed by atoms with Crippen LogP contribution in [0.2, 0.25) is 0 Å². The van der Waals surface area contributed by atoms with Crippen LogP contribution < -0.4 is 5.32 Å². The molecule has 1 heterocycles. The molecule has 0 spiro atoms. The Bertz CT molecular complexity index is 247. The summed E-state index contributed by atoms with van der Waals surface area (Å²) in [5.41, 5.74) is -0.426. The summed E-state index contributed by atoms with van der Waals surface area (Å²) in [5, 5.41) is 3.25. The zero-order valence-corrected chi connectivity index (χ0v) is 10.9. The quantitative estimate of drug-likeness (QED) is 0.745. The Labute approximate surface area is 97.7 Å². The summed E-state index contributed by atoms with van der Waals surface area (Å²) in [7, 11) is 0. The van der Waals surface area contributed by atoms with Gasteiger partial charge in [-0.3, -0.25) is 10.1 Å². The van der Waals surface area contributed by atoms with Gasteiger partial charge in [-0.15, -0.1) is 0 Å². The molecule has 0 bridgehead atoms. The molecule has 0 aromatic heterocycles. The van der Waals surface area contributed by atoms with Crippen LogP contribution in [-0.2, 0) is 14.3 Å². The van der Waals surface area contributed by atoms with Gasteiger partial charge in [-0.2, -0.15) is 0 Å². The molecule has 1 saturated heterocycles. The minimum absolute atomic E-state index is 0.171. The zero-order valence-electron chi connectivity index (χ0n) is 10.9. The van der Waals surface area contributed by atoms with Crippen LogP contribution in [0.4, 0.5) is 0 Å². The first-order valence-corrected chi connectivity index (χ1v) is 5.90. The van der Waals surface area contributed by atoms with Gasteiger partial charge < -0.3 is 9.47 Å². The van der Waals surface area contributed by atoms with Gasteiger partial charge in [0.05, 0.1) is 6.10 Å². The third-order valence-corrected chi connectivity index (χ3v) is 2.60. The molecule has 0 radical (unpaired) electrons. The molecule has 16 heavy (non-hydrogen) atoms. The van der Waals surface area contributed by atoms with Crippen molar-refractivity contribution in [3.8, 4) is 0 Å². The highest BCUT2D eigenvalue weighted by Crippen LogP contribution is 2.14. The summed E-state index contributed by atoms with van der Waals surface area (Å²) in [6.45, 7) is 10.2. The van der Waals surface area contributed by atoms with E-state index in [1.54, 1.807) is 0 Å². The summed E-state index contributed by atoms with van der Waals surface area (Å²) in [4.78, 5) is 11.7. The van der Waals surface area contributed by atoms with Gasteiger partial charge in [0.15, 0.2) is 0 Å². The number of hydrogen-bond acceptors (Lipinski definition) is 4. The van der Waals surface area contributed by atoms with Crippen LogP contribution >= 0.6 is 0 Å². The molecule has 94 valence electrons. The van der Waals surface area contributed by atoms with Gasteiger partial charge in [-0.05, 0) is 41.0 Å². The number of hydrogen-bond donors (Lipinski definition) is 1. The summed E-state index contributed by atoms with van der Waals surface area (Å²) in [6, 6.07) is -0.0316. The standard InChI is InChI=1S/C12H23NO3/c1-8(11(14)16-12(3,4)5)13-10-6-7-15-9(10)2/h8-10,13H,6-7H2,1-5H3. The Balaban J connectivity index is 2.39. The van der Waals surface area contributed by atoms with Crippen LogP contribution in [0.25, 0.3) is 0 Å². The molecule has 1 rings (SSSR count). The second kappa shape index (κ2) is 5.15. The van der Waals surface area contributed by atoms with Crippen molar-refractivity contribution >= 4 is 5.97 Å². The van der Waals surface area contributed by atoms with Crippen molar-refractivity contribution in [3.05, 3.63) is 0 Å². The average Bonchev–Trinajstić information content (AvgIpc) is 2.49. The highest BCUT2D eigenvalue weighted by molar-refractivity contribution is 5.75. The van der Waals surface area contributed by atoms with E-state index in [1.165, 1.54) is 0 Å². The maximum atomic E-state index is 11.7. The summed E-state index contributed by atoms with van der Waals surface area (Å²) >= 11 is 0. The van der Waals surface area contributed by atoms with Crippen molar-refractivity contribution in [3.63, 3.8) is 0 Å². The molecule has 0 saturated carbocycles. The molecule has 0 aliphatic carbocycles. The van der Waals surface area contributed by atoms with Gasteiger partial charge >= 0.3 is 5.97 Å². The Hall–Kier alpha value is -0.610. The topological polar surface area (TPSA) is 47.6 Å². The Kier molecular flexibility index (Phi) is 4.33. The predicted molar refractivity (Wildman–Crippen MR) is 62.3 cm³/mol. The van der Waals surface area contributed by atoms with E-state index < -0.39 is 5.60 Å². The number of rotatable bonds is 3. The maximum Gasteiger partial charge on any atom is 0.323 e. The molecule has 0 amide bonds. The van der Waals surface area contributed by atoms with Crippen LogP contribution in [0.1, 0.15) is 41.0 Å². The third-order valence-electron chi connectivity index (χ3n) is 2.60. The molecule has 3 atom stereocenters. The summed E-state index contributed by atoms with van der Waals surface area (Å²) in [6.07, 6.45) is 1.12. The van der Waals surface area contributed by atoms with Gasteiger partial charge in [0.1, 0.15) is 11.6 Å². The summed E-state index contributed by atoms with van der Waals surface area (Å²) in [5.74, 6) is -0.202. The van der Waals surface area contributed by atoms with E-state index in [1.807, 2.05) is 34.6 Å². The first kappa shape index (κ1) is 13.5. The second-order valence-corrected chi connectivity index (χ2v) is 5.39. The first-order chi connectivity index (χ1) is 7.29. The molecule has 0 aromatic rings. The highest BCUT2D eigenvalue weighted by Gasteiger charge is 2.29. The van der Waals surface area contributed by atoms with E-state index >= 15 is 0 Å². The van der Waals surface area contributed by atoms with E-state index in [-0.39, 0.29) is 24.2 Å². The largest absolute Gasteiger partial charge is 0.459 e.